The summed E-state index contributed by atoms with van der Waals surface area (Å²) in [6, 6.07) is 7.76. The fourth-order valence-electron chi connectivity index (χ4n) is 3.24. The second-order valence-electron chi connectivity index (χ2n) is 6.81. The highest BCUT2D eigenvalue weighted by Gasteiger charge is 2.17. The Bertz CT molecular complexity index is 797. The molecule has 0 bridgehead atoms. The smallest absolute Gasteiger partial charge is 0.230 e. The molecule has 144 valence electrons. The van der Waals surface area contributed by atoms with Crippen LogP contribution in [-0.2, 0) is 16.6 Å². The third kappa shape index (κ3) is 5.32. The van der Waals surface area contributed by atoms with Gasteiger partial charge in [-0.3, -0.25) is 9.59 Å². The Morgan fingerprint density at radius 2 is 1.85 bits per heavy atom. The lowest BCUT2D eigenvalue weighted by molar-refractivity contribution is -0.119. The molecule has 0 aliphatic heterocycles. The molecular formula is C19H25N5O2S. The van der Waals surface area contributed by atoms with E-state index in [1.807, 2.05) is 35.9 Å². The van der Waals surface area contributed by atoms with Gasteiger partial charge >= 0.3 is 0 Å². The van der Waals surface area contributed by atoms with Crippen molar-refractivity contribution in [3.63, 3.8) is 0 Å². The van der Waals surface area contributed by atoms with Gasteiger partial charge in [-0.2, -0.15) is 0 Å². The number of aromatic nitrogens is 3. The van der Waals surface area contributed by atoms with E-state index in [0.29, 0.717) is 17.0 Å². The summed E-state index contributed by atoms with van der Waals surface area (Å²) < 4.78 is 1.88. The highest BCUT2D eigenvalue weighted by atomic mass is 32.2. The quantitative estimate of drug-likeness (QED) is 0.744. The summed E-state index contributed by atoms with van der Waals surface area (Å²) in [5, 5.41) is 15.0. The second-order valence-corrected chi connectivity index (χ2v) is 7.76. The van der Waals surface area contributed by atoms with Crippen molar-refractivity contribution >= 4 is 29.3 Å². The SMILES string of the molecule is CC(=O)Nc1ccc(-c2nnc(SCC(=O)NC3CCCCC3)n2C)cc1. The molecule has 0 spiro atoms. The van der Waals surface area contributed by atoms with E-state index in [2.05, 4.69) is 20.8 Å². The topological polar surface area (TPSA) is 88.9 Å². The first kappa shape index (κ1) is 19.4. The molecule has 1 aromatic carbocycles. The highest BCUT2D eigenvalue weighted by Crippen LogP contribution is 2.24. The van der Waals surface area contributed by atoms with Gasteiger partial charge in [-0.1, -0.05) is 31.0 Å². The van der Waals surface area contributed by atoms with Gasteiger partial charge in [0, 0.05) is 31.3 Å². The number of hydrogen-bond acceptors (Lipinski definition) is 5. The number of amides is 2. The molecule has 1 aliphatic carbocycles. The average molecular weight is 388 g/mol. The van der Waals surface area contributed by atoms with Crippen molar-refractivity contribution in [2.24, 2.45) is 7.05 Å². The first-order valence-corrected chi connectivity index (χ1v) is 10.2. The van der Waals surface area contributed by atoms with Gasteiger partial charge in [-0.05, 0) is 37.1 Å². The summed E-state index contributed by atoms with van der Waals surface area (Å²) in [6.07, 6.45) is 5.84. The van der Waals surface area contributed by atoms with E-state index in [4.69, 9.17) is 0 Å². The number of hydrogen-bond donors (Lipinski definition) is 2. The number of carbonyl (C=O) groups is 2. The third-order valence-electron chi connectivity index (χ3n) is 4.60. The molecule has 0 radical (unpaired) electrons. The summed E-state index contributed by atoms with van der Waals surface area (Å²) >= 11 is 1.39. The molecule has 1 aromatic heterocycles. The molecule has 8 heteroatoms. The van der Waals surface area contributed by atoms with E-state index in [0.717, 1.165) is 29.9 Å². The minimum atomic E-state index is -0.105. The number of thioether (sulfide) groups is 1. The van der Waals surface area contributed by atoms with E-state index in [9.17, 15) is 9.59 Å². The largest absolute Gasteiger partial charge is 0.353 e. The van der Waals surface area contributed by atoms with Gasteiger partial charge < -0.3 is 15.2 Å². The summed E-state index contributed by atoms with van der Waals surface area (Å²) in [5.74, 6) is 1.01. The summed E-state index contributed by atoms with van der Waals surface area (Å²) in [4.78, 5) is 23.3. The first-order valence-electron chi connectivity index (χ1n) is 9.22. The third-order valence-corrected chi connectivity index (χ3v) is 5.62. The van der Waals surface area contributed by atoms with Gasteiger partial charge in [0.15, 0.2) is 11.0 Å². The molecule has 3 rings (SSSR count). The van der Waals surface area contributed by atoms with Crippen LogP contribution < -0.4 is 10.6 Å². The Balaban J connectivity index is 1.58. The number of carbonyl (C=O) groups excluding carboxylic acids is 2. The molecule has 1 aliphatic rings. The number of rotatable bonds is 6. The molecule has 1 fully saturated rings. The zero-order valence-electron chi connectivity index (χ0n) is 15.7. The van der Waals surface area contributed by atoms with Gasteiger partial charge in [0.05, 0.1) is 5.75 Å². The number of nitrogens with one attached hydrogen (secondary N) is 2. The maximum absolute atomic E-state index is 12.2. The van der Waals surface area contributed by atoms with Crippen LogP contribution in [0.4, 0.5) is 5.69 Å². The van der Waals surface area contributed by atoms with Crippen LogP contribution in [0.25, 0.3) is 11.4 Å². The van der Waals surface area contributed by atoms with Crippen LogP contribution in [0, 0.1) is 0 Å². The van der Waals surface area contributed by atoms with Crippen molar-refractivity contribution in [2.75, 3.05) is 11.1 Å². The van der Waals surface area contributed by atoms with Gasteiger partial charge in [-0.15, -0.1) is 10.2 Å². The van der Waals surface area contributed by atoms with Crippen molar-refractivity contribution in [1.29, 1.82) is 0 Å². The molecule has 1 heterocycles. The molecule has 2 aromatic rings. The maximum Gasteiger partial charge on any atom is 0.230 e. The summed E-state index contributed by atoms with van der Waals surface area (Å²) in [6.45, 7) is 1.48. The Hall–Kier alpha value is -2.35. The predicted molar refractivity (Wildman–Crippen MR) is 106 cm³/mol. The Morgan fingerprint density at radius 3 is 2.52 bits per heavy atom. The predicted octanol–water partition coefficient (Wildman–Crippen LogP) is 2.98. The van der Waals surface area contributed by atoms with E-state index in [1.54, 1.807) is 0 Å². The average Bonchev–Trinajstić information content (AvgIpc) is 3.02. The van der Waals surface area contributed by atoms with Crippen LogP contribution in [0.2, 0.25) is 0 Å². The fraction of sp³-hybridized carbons (Fsp3) is 0.474. The van der Waals surface area contributed by atoms with Crippen molar-refractivity contribution < 1.29 is 9.59 Å². The molecule has 0 unspecified atom stereocenters. The van der Waals surface area contributed by atoms with Crippen molar-refractivity contribution in [3.05, 3.63) is 24.3 Å². The molecule has 27 heavy (non-hydrogen) atoms. The van der Waals surface area contributed by atoms with Crippen LogP contribution in [0.3, 0.4) is 0 Å². The molecule has 7 nitrogen and oxygen atoms in total. The van der Waals surface area contributed by atoms with Crippen LogP contribution in [0.15, 0.2) is 29.4 Å². The summed E-state index contributed by atoms with van der Waals surface area (Å²) in [5.41, 5.74) is 1.64. The fourth-order valence-corrected chi connectivity index (χ4v) is 3.97. The van der Waals surface area contributed by atoms with Gasteiger partial charge in [0.25, 0.3) is 0 Å². The van der Waals surface area contributed by atoms with Gasteiger partial charge in [-0.25, -0.2) is 0 Å². The number of benzene rings is 1. The van der Waals surface area contributed by atoms with E-state index in [-0.39, 0.29) is 11.8 Å². The second kappa shape index (κ2) is 9.03. The van der Waals surface area contributed by atoms with Crippen LogP contribution in [0.5, 0.6) is 0 Å². The van der Waals surface area contributed by atoms with Crippen LogP contribution in [0.1, 0.15) is 39.0 Å². The molecular weight excluding hydrogens is 362 g/mol. The minimum Gasteiger partial charge on any atom is -0.353 e. The monoisotopic (exact) mass is 387 g/mol. The Morgan fingerprint density at radius 1 is 1.15 bits per heavy atom. The lowest BCUT2D eigenvalue weighted by Crippen LogP contribution is -2.37. The van der Waals surface area contributed by atoms with Gasteiger partial charge in [0.1, 0.15) is 0 Å². The Kier molecular flexibility index (Phi) is 6.49. The standard InChI is InChI=1S/C19H25N5O2S/c1-13(25)20-16-10-8-14(9-11-16)18-22-23-19(24(18)2)27-12-17(26)21-15-6-4-3-5-7-15/h8-11,15H,3-7,12H2,1-2H3,(H,20,25)(H,21,26). The zero-order valence-corrected chi connectivity index (χ0v) is 16.5. The molecule has 0 saturated heterocycles. The number of anilines is 1. The minimum absolute atomic E-state index is 0.0520. The van der Waals surface area contributed by atoms with E-state index < -0.39 is 0 Å². The van der Waals surface area contributed by atoms with Crippen molar-refractivity contribution in [1.82, 2.24) is 20.1 Å². The van der Waals surface area contributed by atoms with Crippen LogP contribution >= 0.6 is 11.8 Å². The zero-order chi connectivity index (χ0) is 19.2. The van der Waals surface area contributed by atoms with Crippen molar-refractivity contribution in [3.8, 4) is 11.4 Å². The van der Waals surface area contributed by atoms with Crippen molar-refractivity contribution in [2.45, 2.75) is 50.2 Å². The van der Waals surface area contributed by atoms with Crippen LogP contribution in [-0.4, -0.2) is 38.4 Å². The molecule has 2 N–H and O–H groups in total. The van der Waals surface area contributed by atoms with Gasteiger partial charge in [0.2, 0.25) is 11.8 Å². The molecule has 2 amide bonds. The maximum atomic E-state index is 12.2. The van der Waals surface area contributed by atoms with E-state index in [1.165, 1.54) is 37.9 Å². The first-order chi connectivity index (χ1) is 13.0. The highest BCUT2D eigenvalue weighted by molar-refractivity contribution is 7.99. The van der Waals surface area contributed by atoms with E-state index >= 15 is 0 Å². The Labute approximate surface area is 163 Å². The normalized spacial score (nSPS) is 14.7. The number of nitrogens with zero attached hydrogens (tertiary/aromatic N) is 3. The lowest BCUT2D eigenvalue weighted by Gasteiger charge is -2.22. The molecule has 1 saturated carbocycles. The molecule has 0 atom stereocenters. The lowest BCUT2D eigenvalue weighted by atomic mass is 9.95. The summed E-state index contributed by atoms with van der Waals surface area (Å²) in [7, 11) is 1.89.